The summed E-state index contributed by atoms with van der Waals surface area (Å²) < 4.78 is 6.92. The van der Waals surface area contributed by atoms with Gasteiger partial charge < -0.3 is 13.7 Å². The van der Waals surface area contributed by atoms with Crippen LogP contribution in [-0.2, 0) is 17.9 Å². The Morgan fingerprint density at radius 2 is 0.634 bits per heavy atom. The SMILES string of the molecule is Cc1ccc2c(c1)C(C)(C)c1ccccc1-2.Cc1ccc2c(c1)C(c1ccccc1)(c1ccccc1)c1ccccc1-2.Cc1ccc2c(c1)c1ccccc1n2-c1ccccc1.Cc1ccc2c3ccccc3n(-c3ccccc3)c2c1.Cc1ccccn1.Cc1cccnc1.Cc1ccncc1.Cc1cnccn1.Cc1ncccn1.Cn1c2ccccc2c2ccccc21. The van der Waals surface area contributed by atoms with Crippen molar-refractivity contribution in [2.45, 2.75) is 87.0 Å². The second-order valence-corrected chi connectivity index (χ2v) is 33.5. The predicted molar refractivity (Wildman–Crippen MR) is 549 cm³/mol. The minimum atomic E-state index is -0.263. The van der Waals surface area contributed by atoms with Crippen LogP contribution in [0.15, 0.2) is 450 Å². The highest BCUT2D eigenvalue weighted by molar-refractivity contribution is 6.11. The molecule has 10 nitrogen and oxygen atoms in total. The number of nitrogens with zero attached hydrogens (tertiary/aromatic N) is 10. The molecule has 22 aromatic rings. The van der Waals surface area contributed by atoms with Crippen LogP contribution < -0.4 is 0 Å². The van der Waals surface area contributed by atoms with Crippen LogP contribution in [0.5, 0.6) is 0 Å². The molecule has 2 aliphatic carbocycles. The summed E-state index contributed by atoms with van der Waals surface area (Å²) in [6, 6.07) is 137. The van der Waals surface area contributed by atoms with Gasteiger partial charge in [-0.05, 0) is 238 Å². The van der Waals surface area contributed by atoms with Crippen molar-refractivity contribution in [3.05, 3.63) is 534 Å². The Hall–Kier alpha value is -15.9. The summed E-state index contributed by atoms with van der Waals surface area (Å²) in [5.41, 5.74) is 33.5. The lowest BCUT2D eigenvalue weighted by molar-refractivity contribution is 0.660. The van der Waals surface area contributed by atoms with Crippen molar-refractivity contribution in [1.29, 1.82) is 0 Å². The average molecular weight is 1700 g/mol. The van der Waals surface area contributed by atoms with Gasteiger partial charge in [0.15, 0.2) is 0 Å². The van der Waals surface area contributed by atoms with Crippen LogP contribution in [0.2, 0.25) is 0 Å². The van der Waals surface area contributed by atoms with Gasteiger partial charge in [-0.3, -0.25) is 24.9 Å². The minimum Gasteiger partial charge on any atom is -0.344 e. The van der Waals surface area contributed by atoms with E-state index in [0.29, 0.717) is 0 Å². The average Bonchev–Trinajstić information content (AvgIpc) is 1.54. The van der Waals surface area contributed by atoms with Gasteiger partial charge in [0, 0.05) is 135 Å². The molecule has 644 valence electrons. The summed E-state index contributed by atoms with van der Waals surface area (Å²) in [6.07, 6.45) is 17.5. The van der Waals surface area contributed by atoms with Gasteiger partial charge in [-0.2, -0.15) is 0 Å². The molecule has 0 N–H and O–H groups in total. The second-order valence-electron chi connectivity index (χ2n) is 33.5. The monoisotopic (exact) mass is 1700 g/mol. The van der Waals surface area contributed by atoms with Crippen LogP contribution in [0.4, 0.5) is 0 Å². The van der Waals surface area contributed by atoms with E-state index in [9.17, 15) is 0 Å². The first kappa shape index (κ1) is 89.9. The molecule has 2 aliphatic rings. The highest BCUT2D eigenvalue weighted by atomic mass is 15.0. The summed E-state index contributed by atoms with van der Waals surface area (Å²) >= 11 is 0. The molecule has 0 spiro atoms. The third-order valence-corrected chi connectivity index (χ3v) is 23.7. The van der Waals surface area contributed by atoms with Gasteiger partial charge in [-0.25, -0.2) is 9.97 Å². The van der Waals surface area contributed by atoms with Crippen molar-refractivity contribution >= 4 is 65.4 Å². The molecule has 0 saturated carbocycles. The van der Waals surface area contributed by atoms with Crippen LogP contribution >= 0.6 is 0 Å². The number of para-hydroxylation sites is 6. The fourth-order valence-corrected chi connectivity index (χ4v) is 17.4. The zero-order valence-corrected chi connectivity index (χ0v) is 76.7. The third kappa shape index (κ3) is 20.9. The Morgan fingerprint density at radius 1 is 0.221 bits per heavy atom. The van der Waals surface area contributed by atoms with Crippen LogP contribution in [0, 0.1) is 62.3 Å². The number of rotatable bonds is 4. The van der Waals surface area contributed by atoms with Crippen LogP contribution in [0.25, 0.3) is 99.0 Å². The van der Waals surface area contributed by atoms with E-state index in [1.807, 2.05) is 83.3 Å². The molecule has 0 atom stereocenters. The highest BCUT2D eigenvalue weighted by Crippen LogP contribution is 2.56. The van der Waals surface area contributed by atoms with Crippen LogP contribution in [0.3, 0.4) is 0 Å². The number of aromatic nitrogens is 10. The molecule has 0 bridgehead atoms. The van der Waals surface area contributed by atoms with Crippen molar-refractivity contribution in [3.8, 4) is 33.6 Å². The normalized spacial score (nSPS) is 11.6. The maximum Gasteiger partial charge on any atom is 0.125 e. The van der Waals surface area contributed by atoms with E-state index in [0.717, 1.165) is 17.2 Å². The molecular weight excluding hydrogens is 1590 g/mol. The van der Waals surface area contributed by atoms with E-state index in [1.54, 1.807) is 61.8 Å². The van der Waals surface area contributed by atoms with E-state index in [4.69, 9.17) is 0 Å². The number of pyridine rings is 3. The van der Waals surface area contributed by atoms with Gasteiger partial charge in [0.25, 0.3) is 0 Å². The maximum absolute atomic E-state index is 3.98. The molecule has 8 aromatic heterocycles. The number of aryl methyl sites for hydroxylation is 10. The first-order valence-electron chi connectivity index (χ1n) is 44.6. The molecule has 0 amide bonds. The number of hydrogen-bond donors (Lipinski definition) is 0. The lowest BCUT2D eigenvalue weighted by Gasteiger charge is -2.34. The Bertz CT molecular complexity index is 7130. The van der Waals surface area contributed by atoms with Crippen molar-refractivity contribution < 1.29 is 0 Å². The molecule has 0 unspecified atom stereocenters. The lowest BCUT2D eigenvalue weighted by Crippen LogP contribution is -2.28. The summed E-state index contributed by atoms with van der Waals surface area (Å²) in [4.78, 5) is 27.2. The van der Waals surface area contributed by atoms with E-state index in [1.165, 1.54) is 166 Å². The zero-order chi connectivity index (χ0) is 91.1. The fraction of sp³-hybridized carbons (Fsp3) is 0.116. The fourth-order valence-electron chi connectivity index (χ4n) is 17.4. The van der Waals surface area contributed by atoms with Gasteiger partial charge in [-0.15, -0.1) is 0 Å². The molecule has 24 rings (SSSR count). The van der Waals surface area contributed by atoms with E-state index in [2.05, 4.69) is 437 Å². The molecule has 14 aromatic carbocycles. The molecule has 0 fully saturated rings. The second kappa shape index (κ2) is 42.6. The van der Waals surface area contributed by atoms with Gasteiger partial charge >= 0.3 is 0 Å². The molecule has 0 aliphatic heterocycles. The van der Waals surface area contributed by atoms with Crippen molar-refractivity contribution in [1.82, 2.24) is 48.6 Å². The number of benzene rings is 14. The number of fused-ring (bicyclic) bond motifs is 15. The minimum absolute atomic E-state index is 0.151. The Labute approximate surface area is 770 Å². The lowest BCUT2D eigenvalue weighted by atomic mass is 9.67. The first-order chi connectivity index (χ1) is 64.0. The molecule has 0 saturated heterocycles. The van der Waals surface area contributed by atoms with Crippen LogP contribution in [-0.4, -0.2) is 48.6 Å². The smallest absolute Gasteiger partial charge is 0.125 e. The molecule has 10 heteroatoms. The quantitative estimate of drug-likeness (QED) is 0.173. The van der Waals surface area contributed by atoms with Crippen molar-refractivity contribution in [2.24, 2.45) is 7.05 Å². The standard InChI is InChI=1S/C26H20.2C19H15N.C16H16.C13H11N.3C6H7N.2C5H6N2/c1-19-16-17-23-22-14-8-9-15-24(22)26(25(23)18-19,20-10-4-2-5-11-20)21-12-6-3-7-13-21;1-14-11-12-19-17(13-14)16-9-5-6-10-18(16)20(19)15-7-3-2-4-8-15;1-14-11-12-17-16-9-5-6-10-18(16)20(19(17)13-14)15-7-3-2-4-8-15;1-11-8-9-13-12-6-4-5-7-14(12)16(2,3)15(13)10-11;1-14-12-8-4-2-6-10(12)11-7-3-5-9-13(11)14;1-6-2-4-7-5-3-6;1-6-3-2-4-7-5-6;1-6-4-2-3-5-7-6;1-5-4-6-2-3-7-5;1-5-6-3-2-4-7-5/h2-18H,1H3;2*2-13H,1H3;4-10H,1-3H3;2-9H,1H3;3*2-5H,1H3;2*2-4H,1H3. The van der Waals surface area contributed by atoms with Crippen LogP contribution in [0.1, 0.15) is 97.8 Å². The molecular formula is C121H110N10. The molecule has 131 heavy (non-hydrogen) atoms. The van der Waals surface area contributed by atoms with E-state index < -0.39 is 0 Å². The highest BCUT2D eigenvalue weighted by Gasteiger charge is 2.46. The largest absolute Gasteiger partial charge is 0.344 e. The van der Waals surface area contributed by atoms with Gasteiger partial charge in [0.05, 0.1) is 33.2 Å². The summed E-state index contributed by atoms with van der Waals surface area (Å²) in [5, 5.41) is 7.94. The van der Waals surface area contributed by atoms with Gasteiger partial charge in [-0.1, -0.05) is 316 Å². The topological polar surface area (TPSA) is 105 Å². The van der Waals surface area contributed by atoms with Gasteiger partial charge in [0.1, 0.15) is 5.82 Å². The van der Waals surface area contributed by atoms with Crippen molar-refractivity contribution in [3.63, 3.8) is 0 Å². The number of hydrogen-bond acceptors (Lipinski definition) is 7. The summed E-state index contributed by atoms with van der Waals surface area (Å²) in [5.74, 6) is 0.822. The summed E-state index contributed by atoms with van der Waals surface area (Å²) in [7, 11) is 2.12. The first-order valence-corrected chi connectivity index (χ1v) is 44.6. The Morgan fingerprint density at radius 3 is 1.11 bits per heavy atom. The Kier molecular flexibility index (Phi) is 29.2. The van der Waals surface area contributed by atoms with E-state index in [-0.39, 0.29) is 10.8 Å². The molecule has 0 radical (unpaired) electrons. The van der Waals surface area contributed by atoms with Gasteiger partial charge in [0.2, 0.25) is 0 Å². The van der Waals surface area contributed by atoms with E-state index >= 15 is 0 Å². The Balaban J connectivity index is 0.000000116. The maximum atomic E-state index is 3.98. The predicted octanol–water partition coefficient (Wildman–Crippen LogP) is 29.9. The summed E-state index contributed by atoms with van der Waals surface area (Å²) in [6.45, 7) is 23.1. The van der Waals surface area contributed by atoms with Crippen molar-refractivity contribution in [2.75, 3.05) is 0 Å². The molecule has 8 heterocycles. The zero-order valence-electron chi connectivity index (χ0n) is 76.7. The third-order valence-electron chi connectivity index (χ3n) is 23.7.